The Hall–Kier alpha value is -2.49. The number of carbonyl (C=O) groups excluding carboxylic acids is 1. The van der Waals surface area contributed by atoms with E-state index in [9.17, 15) is 4.79 Å². The molecule has 2 aromatic rings. The third-order valence-electron chi connectivity index (χ3n) is 6.42. The lowest BCUT2D eigenvalue weighted by Gasteiger charge is -2.33. The summed E-state index contributed by atoms with van der Waals surface area (Å²) < 4.78 is 5.57. The Morgan fingerprint density at radius 1 is 1.00 bits per heavy atom. The maximum Gasteiger partial charge on any atom is 0.410 e. The number of ether oxygens (including phenoxy) is 1. The molecule has 140 valence electrons. The molecular weight excluding hydrogens is 336 g/mol. The molecule has 0 N–H and O–H groups in total. The summed E-state index contributed by atoms with van der Waals surface area (Å²) in [5, 5.41) is 0. The van der Waals surface area contributed by atoms with Gasteiger partial charge < -0.3 is 14.5 Å². The summed E-state index contributed by atoms with van der Waals surface area (Å²) in [4.78, 5) is 17.1. The first-order valence-electron chi connectivity index (χ1n) is 10.2. The van der Waals surface area contributed by atoms with Gasteiger partial charge >= 0.3 is 6.09 Å². The van der Waals surface area contributed by atoms with Crippen LogP contribution in [0.3, 0.4) is 0 Å². The van der Waals surface area contributed by atoms with Gasteiger partial charge in [0.05, 0.1) is 0 Å². The van der Waals surface area contributed by atoms with E-state index < -0.39 is 0 Å². The Labute approximate surface area is 160 Å². The molecule has 27 heavy (non-hydrogen) atoms. The molecule has 3 aliphatic rings. The highest BCUT2D eigenvalue weighted by atomic mass is 16.6. The molecule has 4 heteroatoms. The maximum absolute atomic E-state index is 12.6. The van der Waals surface area contributed by atoms with Crippen molar-refractivity contribution >= 4 is 11.8 Å². The van der Waals surface area contributed by atoms with Crippen LogP contribution in [0.1, 0.15) is 41.9 Å². The molecule has 0 aromatic heterocycles. The monoisotopic (exact) mass is 362 g/mol. The van der Waals surface area contributed by atoms with Crippen molar-refractivity contribution in [1.29, 1.82) is 0 Å². The lowest BCUT2D eigenvalue weighted by molar-refractivity contribution is 0.0972. The highest BCUT2D eigenvalue weighted by Crippen LogP contribution is 2.48. The number of benzene rings is 2. The van der Waals surface area contributed by atoms with Crippen molar-refractivity contribution < 1.29 is 9.53 Å². The zero-order valence-electron chi connectivity index (χ0n) is 15.6. The lowest BCUT2D eigenvalue weighted by atomic mass is 9.90. The van der Waals surface area contributed by atoms with Crippen LogP contribution >= 0.6 is 0 Å². The molecule has 0 radical (unpaired) electrons. The standard InChI is InChI=1S/C23H26N2O2/c26-23(27-16-17-6-2-1-3-7-17)24-14-11-19-20-10-4-8-18-9-5-13-25(22(18)20)21(19)12-15-24/h1-4,6-8,10,19,21H,5,9,11-16H2. The van der Waals surface area contributed by atoms with Gasteiger partial charge in [0.15, 0.2) is 0 Å². The summed E-state index contributed by atoms with van der Waals surface area (Å²) in [5.74, 6) is 0.546. The number of para-hydroxylation sites is 1. The van der Waals surface area contributed by atoms with Crippen molar-refractivity contribution in [2.45, 2.75) is 44.2 Å². The molecule has 4 nitrogen and oxygen atoms in total. The molecule has 2 atom stereocenters. The zero-order chi connectivity index (χ0) is 18.2. The van der Waals surface area contributed by atoms with Gasteiger partial charge in [-0.1, -0.05) is 48.5 Å². The van der Waals surface area contributed by atoms with Crippen LogP contribution in [0.15, 0.2) is 48.5 Å². The zero-order valence-corrected chi connectivity index (χ0v) is 15.6. The average molecular weight is 362 g/mol. The van der Waals surface area contributed by atoms with Crippen molar-refractivity contribution in [3.8, 4) is 0 Å². The molecule has 2 aromatic carbocycles. The number of hydrogen-bond donors (Lipinski definition) is 0. The number of likely N-dealkylation sites (tertiary alicyclic amines) is 1. The third kappa shape index (κ3) is 2.97. The molecule has 1 fully saturated rings. The largest absolute Gasteiger partial charge is 0.445 e. The van der Waals surface area contributed by atoms with Gasteiger partial charge in [-0.15, -0.1) is 0 Å². The maximum atomic E-state index is 12.6. The molecule has 0 spiro atoms. The summed E-state index contributed by atoms with van der Waals surface area (Å²) in [6, 6.07) is 17.3. The van der Waals surface area contributed by atoms with Gasteiger partial charge in [-0.3, -0.25) is 0 Å². The second-order valence-electron chi connectivity index (χ2n) is 7.93. The molecule has 0 bridgehead atoms. The van der Waals surface area contributed by atoms with E-state index >= 15 is 0 Å². The highest BCUT2D eigenvalue weighted by Gasteiger charge is 2.42. The number of fused-ring (bicyclic) bond motifs is 3. The number of aryl methyl sites for hydroxylation is 1. The van der Waals surface area contributed by atoms with E-state index in [1.54, 1.807) is 0 Å². The molecule has 0 saturated carbocycles. The number of rotatable bonds is 2. The minimum Gasteiger partial charge on any atom is -0.445 e. The van der Waals surface area contributed by atoms with Crippen LogP contribution in [0.2, 0.25) is 0 Å². The quantitative estimate of drug-likeness (QED) is 0.797. The molecule has 0 aliphatic carbocycles. The van der Waals surface area contributed by atoms with E-state index in [-0.39, 0.29) is 6.09 Å². The van der Waals surface area contributed by atoms with Crippen LogP contribution in [0.4, 0.5) is 10.5 Å². The molecule has 5 rings (SSSR count). The molecule has 3 aliphatic heterocycles. The fourth-order valence-corrected chi connectivity index (χ4v) is 5.16. The predicted molar refractivity (Wildman–Crippen MR) is 106 cm³/mol. The van der Waals surface area contributed by atoms with Crippen molar-refractivity contribution in [3.05, 3.63) is 65.2 Å². The highest BCUT2D eigenvalue weighted by molar-refractivity contribution is 5.70. The average Bonchev–Trinajstić information content (AvgIpc) is 2.88. The van der Waals surface area contributed by atoms with Crippen molar-refractivity contribution in [2.24, 2.45) is 0 Å². The van der Waals surface area contributed by atoms with E-state index in [0.717, 1.165) is 38.0 Å². The van der Waals surface area contributed by atoms with Gasteiger partial charge in [0.2, 0.25) is 0 Å². The Bertz CT molecular complexity index is 836. The first-order chi connectivity index (χ1) is 13.3. The second-order valence-corrected chi connectivity index (χ2v) is 7.93. The second kappa shape index (κ2) is 6.91. The van der Waals surface area contributed by atoms with Crippen LogP contribution in [-0.2, 0) is 17.8 Å². The van der Waals surface area contributed by atoms with E-state index in [1.807, 2.05) is 35.2 Å². The summed E-state index contributed by atoms with van der Waals surface area (Å²) >= 11 is 0. The van der Waals surface area contributed by atoms with E-state index in [1.165, 1.54) is 29.7 Å². The minimum atomic E-state index is -0.175. The van der Waals surface area contributed by atoms with E-state index in [2.05, 4.69) is 23.1 Å². The molecule has 1 saturated heterocycles. The fraction of sp³-hybridized carbons (Fsp3) is 0.435. The van der Waals surface area contributed by atoms with Gasteiger partial charge in [-0.2, -0.15) is 0 Å². The fourth-order valence-electron chi connectivity index (χ4n) is 5.16. The van der Waals surface area contributed by atoms with Crippen LogP contribution in [0, 0.1) is 0 Å². The summed E-state index contributed by atoms with van der Waals surface area (Å²) in [6.07, 6.45) is 4.32. The van der Waals surface area contributed by atoms with Gasteiger partial charge in [-0.05, 0) is 42.4 Å². The SMILES string of the molecule is O=C(OCc1ccccc1)N1CCC2c3cccc4c3N(CCC4)C2CC1. The number of hydrogen-bond acceptors (Lipinski definition) is 3. The van der Waals surface area contributed by atoms with E-state index in [4.69, 9.17) is 4.74 Å². The van der Waals surface area contributed by atoms with Crippen LogP contribution in [-0.4, -0.2) is 36.7 Å². The molecule has 1 amide bonds. The minimum absolute atomic E-state index is 0.175. The Balaban J connectivity index is 1.28. The smallest absolute Gasteiger partial charge is 0.410 e. The molecule has 3 heterocycles. The summed E-state index contributed by atoms with van der Waals surface area (Å²) in [6.45, 7) is 3.08. The molecule has 2 unspecified atom stereocenters. The summed E-state index contributed by atoms with van der Waals surface area (Å²) in [5.41, 5.74) is 5.58. The number of nitrogens with zero attached hydrogens (tertiary/aromatic N) is 2. The third-order valence-corrected chi connectivity index (χ3v) is 6.42. The topological polar surface area (TPSA) is 32.8 Å². The van der Waals surface area contributed by atoms with Gasteiger partial charge in [0.1, 0.15) is 6.61 Å². The van der Waals surface area contributed by atoms with Crippen LogP contribution in [0.5, 0.6) is 0 Å². The van der Waals surface area contributed by atoms with Gasteiger partial charge in [0.25, 0.3) is 0 Å². The van der Waals surface area contributed by atoms with Gasteiger partial charge in [0, 0.05) is 37.3 Å². The molecular formula is C23H26N2O2. The number of carbonyl (C=O) groups is 1. The summed E-state index contributed by atoms with van der Waals surface area (Å²) in [7, 11) is 0. The van der Waals surface area contributed by atoms with Gasteiger partial charge in [-0.25, -0.2) is 4.79 Å². The van der Waals surface area contributed by atoms with Crippen molar-refractivity contribution in [1.82, 2.24) is 4.90 Å². The van der Waals surface area contributed by atoms with Crippen molar-refractivity contribution in [2.75, 3.05) is 24.5 Å². The lowest BCUT2D eigenvalue weighted by Crippen LogP contribution is -2.38. The predicted octanol–water partition coefficient (Wildman–Crippen LogP) is 4.34. The first-order valence-corrected chi connectivity index (χ1v) is 10.2. The van der Waals surface area contributed by atoms with Crippen molar-refractivity contribution in [3.63, 3.8) is 0 Å². The Morgan fingerprint density at radius 3 is 2.74 bits per heavy atom. The number of anilines is 1. The normalized spacial score (nSPS) is 23.4. The Kier molecular flexibility index (Phi) is 4.27. The van der Waals surface area contributed by atoms with Crippen LogP contribution in [0.25, 0.3) is 0 Å². The van der Waals surface area contributed by atoms with E-state index in [0.29, 0.717) is 18.6 Å². The Morgan fingerprint density at radius 2 is 1.85 bits per heavy atom. The first kappa shape index (κ1) is 16.7. The van der Waals surface area contributed by atoms with Crippen LogP contribution < -0.4 is 4.90 Å². The number of amides is 1.